The van der Waals surface area contributed by atoms with Crippen molar-refractivity contribution in [3.63, 3.8) is 0 Å². The Morgan fingerprint density at radius 3 is 2.69 bits per heavy atom. The van der Waals surface area contributed by atoms with Crippen LogP contribution in [0, 0.1) is 12.3 Å². The number of aromatic nitrogens is 2. The molecule has 6 heteroatoms. The summed E-state index contributed by atoms with van der Waals surface area (Å²) < 4.78 is 0. The van der Waals surface area contributed by atoms with Gasteiger partial charge in [-0.15, -0.1) is 0 Å². The molecule has 0 aromatic carbocycles. The van der Waals surface area contributed by atoms with E-state index in [1.54, 1.807) is 26.8 Å². The standard InChI is InChI=1S/C10H15ClN4O/c1-6-4-7(11)14-9(13-6)15-8(16)10(2,3)5-12/h4H,5,12H2,1-3H3,(H,13,14,15,16). The lowest BCUT2D eigenvalue weighted by Gasteiger charge is -2.20. The van der Waals surface area contributed by atoms with Crippen molar-refractivity contribution in [3.8, 4) is 0 Å². The number of nitrogens with two attached hydrogens (primary N) is 1. The minimum atomic E-state index is -0.653. The van der Waals surface area contributed by atoms with Crippen LogP contribution < -0.4 is 11.1 Å². The van der Waals surface area contributed by atoms with Gasteiger partial charge < -0.3 is 5.73 Å². The first-order chi connectivity index (χ1) is 7.35. The molecule has 0 unspecified atom stereocenters. The van der Waals surface area contributed by atoms with Gasteiger partial charge in [0.25, 0.3) is 0 Å². The molecule has 0 atom stereocenters. The second kappa shape index (κ2) is 4.76. The maximum Gasteiger partial charge on any atom is 0.233 e. The summed E-state index contributed by atoms with van der Waals surface area (Å²) in [5.41, 5.74) is 5.53. The van der Waals surface area contributed by atoms with E-state index in [1.807, 2.05) is 0 Å². The van der Waals surface area contributed by atoms with E-state index < -0.39 is 5.41 Å². The van der Waals surface area contributed by atoms with Gasteiger partial charge in [0, 0.05) is 12.2 Å². The Labute approximate surface area is 99.4 Å². The van der Waals surface area contributed by atoms with E-state index >= 15 is 0 Å². The monoisotopic (exact) mass is 242 g/mol. The first-order valence-electron chi connectivity index (χ1n) is 4.88. The second-order valence-corrected chi connectivity index (χ2v) is 4.59. The molecular formula is C10H15ClN4O. The summed E-state index contributed by atoms with van der Waals surface area (Å²) in [5, 5.41) is 2.89. The molecule has 1 rings (SSSR count). The smallest absolute Gasteiger partial charge is 0.233 e. The zero-order chi connectivity index (χ0) is 12.3. The fourth-order valence-electron chi connectivity index (χ4n) is 0.949. The highest BCUT2D eigenvalue weighted by Crippen LogP contribution is 2.16. The van der Waals surface area contributed by atoms with Crippen molar-refractivity contribution < 1.29 is 4.79 Å². The fraction of sp³-hybridized carbons (Fsp3) is 0.500. The predicted molar refractivity (Wildman–Crippen MR) is 63.2 cm³/mol. The molecule has 0 fully saturated rings. The summed E-state index contributed by atoms with van der Waals surface area (Å²) in [6, 6.07) is 1.62. The Balaban J connectivity index is 2.85. The molecule has 0 aliphatic heterocycles. The van der Waals surface area contributed by atoms with Gasteiger partial charge in [-0.25, -0.2) is 9.97 Å². The zero-order valence-electron chi connectivity index (χ0n) is 9.54. The number of amides is 1. The topological polar surface area (TPSA) is 80.9 Å². The van der Waals surface area contributed by atoms with Gasteiger partial charge in [-0.05, 0) is 26.8 Å². The van der Waals surface area contributed by atoms with E-state index in [0.29, 0.717) is 10.8 Å². The number of nitrogens with one attached hydrogen (secondary N) is 1. The highest BCUT2D eigenvalue weighted by Gasteiger charge is 2.26. The summed E-state index contributed by atoms with van der Waals surface area (Å²) in [4.78, 5) is 19.7. The van der Waals surface area contributed by atoms with Crippen LogP contribution in [0.25, 0.3) is 0 Å². The molecule has 1 amide bonds. The van der Waals surface area contributed by atoms with Crippen LogP contribution >= 0.6 is 11.6 Å². The van der Waals surface area contributed by atoms with Crippen LogP contribution in [-0.2, 0) is 4.79 Å². The summed E-state index contributed by atoms with van der Waals surface area (Å²) in [5.74, 6) is -0.0202. The average molecular weight is 243 g/mol. The Morgan fingerprint density at radius 2 is 2.19 bits per heavy atom. The van der Waals surface area contributed by atoms with Crippen molar-refractivity contribution in [1.29, 1.82) is 0 Å². The summed E-state index contributed by atoms with van der Waals surface area (Å²) in [7, 11) is 0. The number of halogens is 1. The maximum atomic E-state index is 11.8. The molecule has 0 aliphatic rings. The van der Waals surface area contributed by atoms with Crippen LogP contribution in [0.1, 0.15) is 19.5 Å². The Bertz CT molecular complexity index is 386. The van der Waals surface area contributed by atoms with Gasteiger partial charge in [0.1, 0.15) is 5.15 Å². The van der Waals surface area contributed by atoms with E-state index in [9.17, 15) is 4.79 Å². The SMILES string of the molecule is Cc1cc(Cl)nc(NC(=O)C(C)(C)CN)n1. The summed E-state index contributed by atoms with van der Waals surface area (Å²) in [6.07, 6.45) is 0. The quantitative estimate of drug-likeness (QED) is 0.785. The number of hydrogen-bond acceptors (Lipinski definition) is 4. The molecule has 1 heterocycles. The van der Waals surface area contributed by atoms with E-state index in [1.165, 1.54) is 0 Å². The van der Waals surface area contributed by atoms with E-state index in [-0.39, 0.29) is 18.4 Å². The van der Waals surface area contributed by atoms with E-state index in [4.69, 9.17) is 17.3 Å². The maximum absolute atomic E-state index is 11.8. The third-order valence-corrected chi connectivity index (χ3v) is 2.37. The van der Waals surface area contributed by atoms with Gasteiger partial charge in [-0.1, -0.05) is 11.6 Å². The molecule has 16 heavy (non-hydrogen) atoms. The van der Waals surface area contributed by atoms with Crippen molar-refractivity contribution in [1.82, 2.24) is 9.97 Å². The first-order valence-corrected chi connectivity index (χ1v) is 5.25. The van der Waals surface area contributed by atoms with E-state index in [0.717, 1.165) is 0 Å². The van der Waals surface area contributed by atoms with Crippen LogP contribution in [0.2, 0.25) is 5.15 Å². The van der Waals surface area contributed by atoms with Crippen molar-refractivity contribution in [2.24, 2.45) is 11.1 Å². The predicted octanol–water partition coefficient (Wildman–Crippen LogP) is 1.36. The highest BCUT2D eigenvalue weighted by molar-refractivity contribution is 6.29. The van der Waals surface area contributed by atoms with Crippen LogP contribution in [0.15, 0.2) is 6.07 Å². The van der Waals surface area contributed by atoms with Crippen LogP contribution in [0.4, 0.5) is 5.95 Å². The van der Waals surface area contributed by atoms with Crippen LogP contribution in [0.5, 0.6) is 0 Å². The van der Waals surface area contributed by atoms with Gasteiger partial charge in [0.05, 0.1) is 5.41 Å². The lowest BCUT2D eigenvalue weighted by molar-refractivity contribution is -0.123. The van der Waals surface area contributed by atoms with Gasteiger partial charge in [-0.2, -0.15) is 0 Å². The molecule has 0 aliphatic carbocycles. The van der Waals surface area contributed by atoms with Gasteiger partial charge in [0.15, 0.2) is 0 Å². The normalized spacial score (nSPS) is 11.3. The molecule has 0 radical (unpaired) electrons. The third kappa shape index (κ3) is 3.15. The molecule has 88 valence electrons. The largest absolute Gasteiger partial charge is 0.329 e. The lowest BCUT2D eigenvalue weighted by atomic mass is 9.93. The Hall–Kier alpha value is -1.20. The summed E-state index contributed by atoms with van der Waals surface area (Å²) in [6.45, 7) is 5.52. The number of carbonyl (C=O) groups is 1. The minimum absolute atomic E-state index is 0.205. The van der Waals surface area contributed by atoms with Gasteiger partial charge in [0.2, 0.25) is 11.9 Å². The van der Waals surface area contributed by atoms with Gasteiger partial charge in [-0.3, -0.25) is 10.1 Å². The molecule has 5 nitrogen and oxygen atoms in total. The summed E-state index contributed by atoms with van der Waals surface area (Å²) >= 11 is 5.75. The number of nitrogens with zero attached hydrogens (tertiary/aromatic N) is 2. The Morgan fingerprint density at radius 1 is 1.56 bits per heavy atom. The van der Waals surface area contributed by atoms with Crippen molar-refractivity contribution in [3.05, 3.63) is 16.9 Å². The molecular weight excluding hydrogens is 228 g/mol. The molecule has 3 N–H and O–H groups in total. The molecule has 0 spiro atoms. The third-order valence-electron chi connectivity index (χ3n) is 2.17. The van der Waals surface area contributed by atoms with E-state index in [2.05, 4.69) is 15.3 Å². The molecule has 0 saturated heterocycles. The molecule has 0 bridgehead atoms. The minimum Gasteiger partial charge on any atom is -0.329 e. The van der Waals surface area contributed by atoms with Gasteiger partial charge >= 0.3 is 0 Å². The number of carbonyl (C=O) groups excluding carboxylic acids is 1. The van der Waals surface area contributed by atoms with Crippen molar-refractivity contribution in [2.75, 3.05) is 11.9 Å². The van der Waals surface area contributed by atoms with Crippen molar-refractivity contribution >= 4 is 23.5 Å². The molecule has 1 aromatic heterocycles. The lowest BCUT2D eigenvalue weighted by Crippen LogP contribution is -2.37. The number of rotatable bonds is 3. The van der Waals surface area contributed by atoms with Crippen molar-refractivity contribution in [2.45, 2.75) is 20.8 Å². The second-order valence-electron chi connectivity index (χ2n) is 4.20. The number of aryl methyl sites for hydroxylation is 1. The van der Waals surface area contributed by atoms with Crippen LogP contribution in [-0.4, -0.2) is 22.4 Å². The Kier molecular flexibility index (Phi) is 3.83. The van der Waals surface area contributed by atoms with Crippen LogP contribution in [0.3, 0.4) is 0 Å². The average Bonchev–Trinajstić information content (AvgIpc) is 2.15. The first kappa shape index (κ1) is 12.9. The number of hydrogen-bond donors (Lipinski definition) is 2. The fourth-order valence-corrected chi connectivity index (χ4v) is 1.19. The molecule has 0 saturated carbocycles. The number of anilines is 1. The highest BCUT2D eigenvalue weighted by atomic mass is 35.5. The molecule has 1 aromatic rings. The zero-order valence-corrected chi connectivity index (χ0v) is 10.3.